The molecule has 0 heterocycles. The predicted octanol–water partition coefficient (Wildman–Crippen LogP) is 0.687. The maximum atomic E-state index is 12.2. The Morgan fingerprint density at radius 3 is 2.32 bits per heavy atom. The smallest absolute Gasteiger partial charge is 0.254 e. The van der Waals surface area contributed by atoms with Gasteiger partial charge in [-0.05, 0) is 37.1 Å². The van der Waals surface area contributed by atoms with Crippen molar-refractivity contribution in [2.24, 2.45) is 0 Å². The molecule has 0 radical (unpaired) electrons. The van der Waals surface area contributed by atoms with Crippen LogP contribution >= 0.6 is 0 Å². The summed E-state index contributed by atoms with van der Waals surface area (Å²) in [6, 6.07) is 6.13. The van der Waals surface area contributed by atoms with Crippen molar-refractivity contribution in [3.05, 3.63) is 29.8 Å². The molecule has 0 spiro atoms. The molecule has 1 N–H and O–H groups in total. The lowest BCUT2D eigenvalue weighted by atomic mass is 10.2. The van der Waals surface area contributed by atoms with Gasteiger partial charge in [0.2, 0.25) is 0 Å². The first kappa shape index (κ1) is 14.0. The van der Waals surface area contributed by atoms with Gasteiger partial charge in [0.05, 0.1) is 11.5 Å². The summed E-state index contributed by atoms with van der Waals surface area (Å²) in [7, 11) is -3.24. The third-order valence-electron chi connectivity index (χ3n) is 3.12. The highest BCUT2D eigenvalue weighted by atomic mass is 32.2. The van der Waals surface area contributed by atoms with Crippen LogP contribution in [0.4, 0.5) is 0 Å². The number of hydrogen-bond donors (Lipinski definition) is 1. The van der Waals surface area contributed by atoms with Crippen molar-refractivity contribution in [2.75, 3.05) is 19.4 Å². The highest BCUT2D eigenvalue weighted by molar-refractivity contribution is 7.90. The monoisotopic (exact) mass is 283 g/mol. The summed E-state index contributed by atoms with van der Waals surface area (Å²) in [5.41, 5.74) is 0.452. The van der Waals surface area contributed by atoms with Gasteiger partial charge in [0.1, 0.15) is 0 Å². The van der Waals surface area contributed by atoms with E-state index in [1.807, 2.05) is 0 Å². The van der Waals surface area contributed by atoms with Gasteiger partial charge in [-0.15, -0.1) is 0 Å². The molecular formula is C13H17NO4S. The zero-order valence-electron chi connectivity index (χ0n) is 10.7. The fourth-order valence-corrected chi connectivity index (χ4v) is 2.58. The molecule has 1 aromatic carbocycles. The highest BCUT2D eigenvalue weighted by Crippen LogP contribution is 2.28. The van der Waals surface area contributed by atoms with Crippen LogP contribution in [-0.2, 0) is 9.84 Å². The van der Waals surface area contributed by atoms with E-state index < -0.39 is 9.84 Å². The molecule has 0 aromatic heterocycles. The number of carbonyl (C=O) groups excluding carboxylic acids is 1. The topological polar surface area (TPSA) is 74.7 Å². The molecule has 1 aromatic rings. The van der Waals surface area contributed by atoms with Gasteiger partial charge < -0.3 is 10.0 Å². The van der Waals surface area contributed by atoms with Crippen molar-refractivity contribution in [2.45, 2.75) is 23.8 Å². The maximum absolute atomic E-state index is 12.2. The average Bonchev–Trinajstić information content (AvgIpc) is 3.18. The van der Waals surface area contributed by atoms with E-state index in [-0.39, 0.29) is 23.5 Å². The summed E-state index contributed by atoms with van der Waals surface area (Å²) in [4.78, 5) is 14.1. The summed E-state index contributed by atoms with van der Waals surface area (Å²) in [5, 5.41) is 8.99. The predicted molar refractivity (Wildman–Crippen MR) is 70.7 cm³/mol. The molecule has 1 aliphatic carbocycles. The average molecular weight is 283 g/mol. The number of carbonyl (C=O) groups is 1. The van der Waals surface area contributed by atoms with E-state index in [1.54, 1.807) is 4.90 Å². The van der Waals surface area contributed by atoms with E-state index in [0.29, 0.717) is 12.1 Å². The van der Waals surface area contributed by atoms with Crippen LogP contribution in [0.15, 0.2) is 29.2 Å². The normalized spacial score (nSPS) is 15.3. The molecule has 1 saturated carbocycles. The zero-order chi connectivity index (χ0) is 14.0. The van der Waals surface area contributed by atoms with Gasteiger partial charge in [-0.1, -0.05) is 0 Å². The molecule has 0 atom stereocenters. The van der Waals surface area contributed by atoms with Crippen LogP contribution < -0.4 is 0 Å². The van der Waals surface area contributed by atoms with Crippen LogP contribution in [0, 0.1) is 0 Å². The molecule has 0 bridgehead atoms. The third-order valence-corrected chi connectivity index (χ3v) is 4.25. The van der Waals surface area contributed by atoms with Crippen molar-refractivity contribution >= 4 is 15.7 Å². The van der Waals surface area contributed by atoms with Crippen molar-refractivity contribution in [1.29, 1.82) is 0 Å². The Morgan fingerprint density at radius 1 is 1.32 bits per heavy atom. The van der Waals surface area contributed by atoms with Crippen LogP contribution in [0.3, 0.4) is 0 Å². The van der Waals surface area contributed by atoms with Crippen molar-refractivity contribution < 1.29 is 18.3 Å². The first-order valence-electron chi connectivity index (χ1n) is 6.15. The number of hydrogen-bond acceptors (Lipinski definition) is 4. The third kappa shape index (κ3) is 3.33. The molecule has 2 rings (SSSR count). The van der Waals surface area contributed by atoms with Crippen molar-refractivity contribution in [3.8, 4) is 0 Å². The minimum Gasteiger partial charge on any atom is -0.395 e. The van der Waals surface area contributed by atoms with Crippen molar-refractivity contribution in [3.63, 3.8) is 0 Å². The first-order chi connectivity index (χ1) is 8.93. The lowest BCUT2D eigenvalue weighted by Gasteiger charge is -2.21. The molecule has 0 unspecified atom stereocenters. The lowest BCUT2D eigenvalue weighted by Crippen LogP contribution is -2.35. The van der Waals surface area contributed by atoms with Crippen LogP contribution in [0.2, 0.25) is 0 Å². The van der Waals surface area contributed by atoms with Gasteiger partial charge in [-0.25, -0.2) is 8.42 Å². The molecule has 0 saturated heterocycles. The van der Waals surface area contributed by atoms with E-state index >= 15 is 0 Å². The number of amides is 1. The Hall–Kier alpha value is -1.40. The molecule has 6 heteroatoms. The largest absolute Gasteiger partial charge is 0.395 e. The summed E-state index contributed by atoms with van der Waals surface area (Å²) in [6.07, 6.45) is 3.06. The Balaban J connectivity index is 2.19. The first-order valence-corrected chi connectivity index (χ1v) is 8.04. The Labute approximate surface area is 112 Å². The molecule has 19 heavy (non-hydrogen) atoms. The van der Waals surface area contributed by atoms with E-state index in [2.05, 4.69) is 0 Å². The van der Waals surface area contributed by atoms with Gasteiger partial charge in [0, 0.05) is 24.4 Å². The number of benzene rings is 1. The second-order valence-electron chi connectivity index (χ2n) is 4.75. The fourth-order valence-electron chi connectivity index (χ4n) is 1.95. The standard InChI is InChI=1S/C13H17NO4S/c1-19(17,18)12-6-2-10(3-7-12)13(16)14(8-9-15)11-4-5-11/h2-3,6-7,11,15H,4-5,8-9H2,1H3. The van der Waals surface area contributed by atoms with E-state index in [1.165, 1.54) is 24.3 Å². The lowest BCUT2D eigenvalue weighted by molar-refractivity contribution is 0.0707. The Kier molecular flexibility index (Phi) is 3.91. The summed E-state index contributed by atoms with van der Waals surface area (Å²) < 4.78 is 22.7. The minimum absolute atomic E-state index is 0.0658. The molecule has 1 fully saturated rings. The summed E-state index contributed by atoms with van der Waals surface area (Å²) in [6.45, 7) is 0.251. The van der Waals surface area contributed by atoms with Gasteiger partial charge >= 0.3 is 0 Å². The number of rotatable bonds is 5. The number of aliphatic hydroxyl groups excluding tert-OH is 1. The number of aliphatic hydroxyl groups is 1. The number of nitrogens with zero attached hydrogens (tertiary/aromatic N) is 1. The van der Waals surface area contributed by atoms with E-state index in [4.69, 9.17) is 5.11 Å². The van der Waals surface area contributed by atoms with Gasteiger partial charge in [-0.2, -0.15) is 0 Å². The van der Waals surface area contributed by atoms with E-state index in [9.17, 15) is 13.2 Å². The van der Waals surface area contributed by atoms with Gasteiger partial charge in [-0.3, -0.25) is 4.79 Å². The molecule has 1 aliphatic rings. The number of sulfone groups is 1. The quantitative estimate of drug-likeness (QED) is 0.862. The SMILES string of the molecule is CS(=O)(=O)c1ccc(C(=O)N(CCO)C2CC2)cc1. The second-order valence-corrected chi connectivity index (χ2v) is 6.77. The summed E-state index contributed by atoms with van der Waals surface area (Å²) in [5.74, 6) is -0.156. The van der Waals surface area contributed by atoms with Crippen LogP contribution in [-0.4, -0.2) is 49.8 Å². The molecule has 0 aliphatic heterocycles. The second kappa shape index (κ2) is 5.30. The Bertz CT molecular complexity index is 561. The highest BCUT2D eigenvalue weighted by Gasteiger charge is 2.32. The molecule has 1 amide bonds. The van der Waals surface area contributed by atoms with Crippen LogP contribution in [0.1, 0.15) is 23.2 Å². The van der Waals surface area contributed by atoms with E-state index in [0.717, 1.165) is 19.1 Å². The zero-order valence-corrected chi connectivity index (χ0v) is 11.6. The summed E-state index contributed by atoms with van der Waals surface area (Å²) >= 11 is 0. The molecule has 104 valence electrons. The van der Waals surface area contributed by atoms with Crippen LogP contribution in [0.5, 0.6) is 0 Å². The fraction of sp³-hybridized carbons (Fsp3) is 0.462. The van der Waals surface area contributed by atoms with Crippen molar-refractivity contribution in [1.82, 2.24) is 4.90 Å². The maximum Gasteiger partial charge on any atom is 0.254 e. The van der Waals surface area contributed by atoms with Crippen LogP contribution in [0.25, 0.3) is 0 Å². The van der Waals surface area contributed by atoms with Gasteiger partial charge in [0.25, 0.3) is 5.91 Å². The minimum atomic E-state index is -3.24. The molecular weight excluding hydrogens is 266 g/mol. The van der Waals surface area contributed by atoms with Gasteiger partial charge in [0.15, 0.2) is 9.84 Å². The Morgan fingerprint density at radius 2 is 1.89 bits per heavy atom. The molecule has 5 nitrogen and oxygen atoms in total.